The third kappa shape index (κ3) is 3.65. The largest absolute Gasteiger partial charge is 0.469 e. The standard InChI is InChI=1S/C18H18N2O3S/c1-23-18(22)11-14(16-7-4-10-24-16)19-17(21)12-20-9-8-13-5-2-3-6-15(13)20/h2-10,14H,11-12H2,1H3,(H,19,21). The molecule has 1 unspecified atom stereocenters. The van der Waals surface area contributed by atoms with Crippen molar-refractivity contribution in [1.29, 1.82) is 0 Å². The Morgan fingerprint density at radius 3 is 2.79 bits per heavy atom. The molecule has 0 aliphatic carbocycles. The van der Waals surface area contributed by atoms with Gasteiger partial charge in [0.2, 0.25) is 5.91 Å². The van der Waals surface area contributed by atoms with Crippen LogP contribution in [0, 0.1) is 0 Å². The van der Waals surface area contributed by atoms with Gasteiger partial charge < -0.3 is 14.6 Å². The number of aromatic nitrogens is 1. The van der Waals surface area contributed by atoms with E-state index in [1.807, 2.05) is 58.6 Å². The Labute approximate surface area is 143 Å². The van der Waals surface area contributed by atoms with E-state index in [1.165, 1.54) is 18.4 Å². The summed E-state index contributed by atoms with van der Waals surface area (Å²) in [6, 6.07) is 13.3. The maximum absolute atomic E-state index is 12.5. The Bertz CT molecular complexity index is 839. The molecule has 0 saturated carbocycles. The van der Waals surface area contributed by atoms with Crippen LogP contribution in [-0.4, -0.2) is 23.6 Å². The molecule has 3 aromatic rings. The van der Waals surface area contributed by atoms with Crippen LogP contribution >= 0.6 is 11.3 Å². The summed E-state index contributed by atoms with van der Waals surface area (Å²) in [6.07, 6.45) is 2.01. The molecule has 24 heavy (non-hydrogen) atoms. The van der Waals surface area contributed by atoms with Gasteiger partial charge >= 0.3 is 5.97 Å². The number of methoxy groups -OCH3 is 1. The maximum atomic E-state index is 12.5. The predicted molar refractivity (Wildman–Crippen MR) is 93.8 cm³/mol. The number of rotatable bonds is 6. The van der Waals surface area contributed by atoms with E-state index < -0.39 is 0 Å². The summed E-state index contributed by atoms with van der Waals surface area (Å²) in [6.45, 7) is 0.205. The number of fused-ring (bicyclic) bond motifs is 1. The summed E-state index contributed by atoms with van der Waals surface area (Å²) in [5.74, 6) is -0.487. The van der Waals surface area contributed by atoms with E-state index in [9.17, 15) is 9.59 Å². The molecular formula is C18H18N2O3S. The Morgan fingerprint density at radius 2 is 2.04 bits per heavy atom. The third-order valence-electron chi connectivity index (χ3n) is 3.81. The molecule has 1 amide bonds. The highest BCUT2D eigenvalue weighted by atomic mass is 32.1. The van der Waals surface area contributed by atoms with Crippen LogP contribution in [0.15, 0.2) is 54.0 Å². The fraction of sp³-hybridized carbons (Fsp3) is 0.222. The van der Waals surface area contributed by atoms with E-state index in [0.717, 1.165) is 15.8 Å². The first-order chi connectivity index (χ1) is 11.7. The minimum absolute atomic E-state index is 0.120. The molecule has 0 saturated heterocycles. The van der Waals surface area contributed by atoms with Crippen LogP contribution in [0.1, 0.15) is 17.3 Å². The molecule has 0 spiro atoms. The summed E-state index contributed by atoms with van der Waals surface area (Å²) in [5.41, 5.74) is 1.01. The first-order valence-electron chi connectivity index (χ1n) is 7.61. The van der Waals surface area contributed by atoms with E-state index >= 15 is 0 Å². The highest BCUT2D eigenvalue weighted by Gasteiger charge is 2.20. The Balaban J connectivity index is 1.72. The molecule has 2 aromatic heterocycles. The molecule has 1 N–H and O–H groups in total. The number of para-hydroxylation sites is 1. The lowest BCUT2D eigenvalue weighted by molar-refractivity contribution is -0.141. The van der Waals surface area contributed by atoms with Crippen LogP contribution in [0.4, 0.5) is 0 Å². The van der Waals surface area contributed by atoms with Crippen molar-refractivity contribution in [3.05, 3.63) is 58.9 Å². The zero-order chi connectivity index (χ0) is 16.9. The minimum atomic E-state index is -0.369. The van der Waals surface area contributed by atoms with Gasteiger partial charge in [-0.2, -0.15) is 0 Å². The van der Waals surface area contributed by atoms with Crippen molar-refractivity contribution < 1.29 is 14.3 Å². The van der Waals surface area contributed by atoms with E-state index in [1.54, 1.807) is 0 Å². The number of benzene rings is 1. The first kappa shape index (κ1) is 16.3. The van der Waals surface area contributed by atoms with E-state index in [4.69, 9.17) is 4.74 Å². The Kier molecular flexibility index (Phi) is 4.96. The van der Waals surface area contributed by atoms with Crippen molar-refractivity contribution in [2.75, 3.05) is 7.11 Å². The number of nitrogens with zero attached hydrogens (tertiary/aromatic N) is 1. The molecule has 1 atom stereocenters. The molecule has 0 radical (unpaired) electrons. The average Bonchev–Trinajstić information content (AvgIpc) is 3.24. The second-order valence-electron chi connectivity index (χ2n) is 5.42. The fourth-order valence-electron chi connectivity index (χ4n) is 2.64. The Hall–Kier alpha value is -2.60. The number of carbonyl (C=O) groups is 2. The second kappa shape index (κ2) is 7.31. The lowest BCUT2D eigenvalue weighted by Gasteiger charge is -2.17. The SMILES string of the molecule is COC(=O)CC(NC(=O)Cn1ccc2ccccc21)c1cccs1. The van der Waals surface area contributed by atoms with E-state index in [0.29, 0.717) is 0 Å². The lowest BCUT2D eigenvalue weighted by Crippen LogP contribution is -2.32. The first-order valence-corrected chi connectivity index (χ1v) is 8.49. The fourth-order valence-corrected chi connectivity index (χ4v) is 3.41. The number of esters is 1. The van der Waals surface area contributed by atoms with Crippen molar-refractivity contribution in [3.8, 4) is 0 Å². The highest BCUT2D eigenvalue weighted by Crippen LogP contribution is 2.23. The van der Waals surface area contributed by atoms with Crippen LogP contribution in [0.25, 0.3) is 10.9 Å². The Morgan fingerprint density at radius 1 is 1.21 bits per heavy atom. The monoisotopic (exact) mass is 342 g/mol. The molecule has 5 nitrogen and oxygen atoms in total. The third-order valence-corrected chi connectivity index (χ3v) is 4.80. The van der Waals surface area contributed by atoms with Gasteiger partial charge in [0.05, 0.1) is 19.6 Å². The van der Waals surface area contributed by atoms with Gasteiger partial charge in [0.25, 0.3) is 0 Å². The van der Waals surface area contributed by atoms with Crippen molar-refractivity contribution in [3.63, 3.8) is 0 Å². The maximum Gasteiger partial charge on any atom is 0.307 e. The average molecular weight is 342 g/mol. The van der Waals surface area contributed by atoms with Crippen LogP contribution in [0.5, 0.6) is 0 Å². The molecule has 6 heteroatoms. The molecule has 0 bridgehead atoms. The molecule has 124 valence electrons. The summed E-state index contributed by atoms with van der Waals surface area (Å²) >= 11 is 1.51. The summed E-state index contributed by atoms with van der Waals surface area (Å²) in [4.78, 5) is 25.0. The van der Waals surface area contributed by atoms with Gasteiger partial charge in [-0.3, -0.25) is 9.59 Å². The normalized spacial score (nSPS) is 12.0. The van der Waals surface area contributed by atoms with Crippen LogP contribution in [0.2, 0.25) is 0 Å². The number of thiophene rings is 1. The highest BCUT2D eigenvalue weighted by molar-refractivity contribution is 7.10. The molecule has 2 heterocycles. The van der Waals surface area contributed by atoms with Crippen molar-refractivity contribution >= 4 is 34.1 Å². The zero-order valence-electron chi connectivity index (χ0n) is 13.3. The number of hydrogen-bond acceptors (Lipinski definition) is 4. The number of ether oxygens (including phenoxy) is 1. The number of amides is 1. The van der Waals surface area contributed by atoms with Crippen molar-refractivity contribution in [2.24, 2.45) is 0 Å². The van der Waals surface area contributed by atoms with E-state index in [2.05, 4.69) is 5.32 Å². The van der Waals surface area contributed by atoms with Gasteiger partial charge in [0.1, 0.15) is 6.54 Å². The smallest absolute Gasteiger partial charge is 0.307 e. The van der Waals surface area contributed by atoms with Crippen molar-refractivity contribution in [1.82, 2.24) is 9.88 Å². The number of nitrogens with one attached hydrogen (secondary N) is 1. The van der Waals surface area contributed by atoms with Gasteiger partial charge in [-0.1, -0.05) is 24.3 Å². The van der Waals surface area contributed by atoms with Crippen LogP contribution < -0.4 is 5.32 Å². The molecule has 0 fully saturated rings. The van der Waals surface area contributed by atoms with Gasteiger partial charge in [-0.15, -0.1) is 11.3 Å². The van der Waals surface area contributed by atoms with Gasteiger partial charge in [-0.25, -0.2) is 0 Å². The minimum Gasteiger partial charge on any atom is -0.469 e. The summed E-state index contributed by atoms with van der Waals surface area (Å²) in [5, 5.41) is 5.95. The summed E-state index contributed by atoms with van der Waals surface area (Å²) < 4.78 is 6.63. The summed E-state index contributed by atoms with van der Waals surface area (Å²) in [7, 11) is 1.35. The number of carbonyl (C=O) groups excluding carboxylic acids is 2. The van der Waals surface area contributed by atoms with Crippen LogP contribution in [-0.2, 0) is 20.9 Å². The molecule has 0 aliphatic heterocycles. The molecule has 3 rings (SSSR count). The zero-order valence-corrected chi connectivity index (χ0v) is 14.1. The van der Waals surface area contributed by atoms with Crippen molar-refractivity contribution in [2.45, 2.75) is 19.0 Å². The topological polar surface area (TPSA) is 60.3 Å². The molecule has 1 aromatic carbocycles. The number of hydrogen-bond donors (Lipinski definition) is 1. The lowest BCUT2D eigenvalue weighted by atomic mass is 10.1. The van der Waals surface area contributed by atoms with Gasteiger partial charge in [0, 0.05) is 16.6 Å². The predicted octanol–water partition coefficient (Wildman–Crippen LogP) is 3.12. The quantitative estimate of drug-likeness (QED) is 0.700. The molecular weight excluding hydrogens is 324 g/mol. The molecule has 0 aliphatic rings. The van der Waals surface area contributed by atoms with Gasteiger partial charge in [0.15, 0.2) is 0 Å². The second-order valence-corrected chi connectivity index (χ2v) is 6.40. The van der Waals surface area contributed by atoms with Crippen LogP contribution in [0.3, 0.4) is 0 Å². The van der Waals surface area contributed by atoms with Gasteiger partial charge in [-0.05, 0) is 29.0 Å². The van der Waals surface area contributed by atoms with E-state index in [-0.39, 0.29) is 30.9 Å².